The number of ether oxygens (including phenoxy) is 1. The van der Waals surface area contributed by atoms with Crippen molar-refractivity contribution in [2.45, 2.75) is 20.3 Å². The summed E-state index contributed by atoms with van der Waals surface area (Å²) >= 11 is 0. The first-order valence-corrected chi connectivity index (χ1v) is 10.1. The highest BCUT2D eigenvalue weighted by Crippen LogP contribution is 2.17. The number of benzene rings is 1. The summed E-state index contributed by atoms with van der Waals surface area (Å²) in [4.78, 5) is 16.7. The highest BCUT2D eigenvalue weighted by Gasteiger charge is 2.22. The summed E-state index contributed by atoms with van der Waals surface area (Å²) in [6.45, 7) is 6.79. The molecule has 8 nitrogen and oxygen atoms in total. The van der Waals surface area contributed by atoms with Gasteiger partial charge in [0.1, 0.15) is 5.75 Å². The molecule has 1 saturated heterocycles. The van der Waals surface area contributed by atoms with Gasteiger partial charge in [-0.15, -0.1) is 10.2 Å². The third kappa shape index (κ3) is 4.27. The van der Waals surface area contributed by atoms with E-state index in [4.69, 9.17) is 4.74 Å². The normalized spacial score (nSPS) is 14.1. The molecular formula is C22H26N6O2. The molecular weight excluding hydrogens is 380 g/mol. The Hall–Kier alpha value is -3.42. The third-order valence-electron chi connectivity index (χ3n) is 5.33. The van der Waals surface area contributed by atoms with E-state index in [0.29, 0.717) is 25.3 Å². The number of hydrogen-bond acceptors (Lipinski definition) is 6. The average molecular weight is 406 g/mol. The molecule has 2 aromatic heterocycles. The van der Waals surface area contributed by atoms with Crippen LogP contribution in [0.1, 0.15) is 17.0 Å². The molecule has 0 aliphatic carbocycles. The van der Waals surface area contributed by atoms with Gasteiger partial charge in [-0.25, -0.2) is 4.68 Å². The zero-order valence-electron chi connectivity index (χ0n) is 17.6. The van der Waals surface area contributed by atoms with Gasteiger partial charge in [0.15, 0.2) is 11.6 Å². The Bertz CT molecular complexity index is 1010. The Kier molecular flexibility index (Phi) is 5.65. The van der Waals surface area contributed by atoms with E-state index in [9.17, 15) is 4.79 Å². The predicted molar refractivity (Wildman–Crippen MR) is 114 cm³/mol. The van der Waals surface area contributed by atoms with E-state index in [0.717, 1.165) is 41.6 Å². The van der Waals surface area contributed by atoms with Crippen molar-refractivity contribution in [3.63, 3.8) is 0 Å². The number of rotatable bonds is 5. The number of amides is 1. The molecule has 1 aliphatic heterocycles. The Balaban J connectivity index is 1.33. The molecule has 0 atom stereocenters. The largest absolute Gasteiger partial charge is 0.497 e. The van der Waals surface area contributed by atoms with Gasteiger partial charge < -0.3 is 14.5 Å². The average Bonchev–Trinajstić information content (AvgIpc) is 3.12. The van der Waals surface area contributed by atoms with Crippen LogP contribution < -0.4 is 9.64 Å². The molecule has 8 heteroatoms. The van der Waals surface area contributed by atoms with Crippen LogP contribution in [0, 0.1) is 13.8 Å². The molecule has 156 valence electrons. The van der Waals surface area contributed by atoms with E-state index in [1.807, 2.05) is 61.2 Å². The second-order valence-corrected chi connectivity index (χ2v) is 7.48. The number of anilines is 1. The SMILES string of the molecule is COc1ccc(CC(=O)N2CCN(c3ccc(-n4nc(C)cc4C)nn3)CC2)cc1. The van der Waals surface area contributed by atoms with Gasteiger partial charge in [0.05, 0.1) is 19.2 Å². The minimum Gasteiger partial charge on any atom is -0.497 e. The highest BCUT2D eigenvalue weighted by atomic mass is 16.5. The van der Waals surface area contributed by atoms with E-state index in [-0.39, 0.29) is 5.91 Å². The first-order valence-electron chi connectivity index (χ1n) is 10.1. The van der Waals surface area contributed by atoms with Gasteiger partial charge in [0.2, 0.25) is 5.91 Å². The fraction of sp³-hybridized carbons (Fsp3) is 0.364. The zero-order chi connectivity index (χ0) is 21.1. The summed E-state index contributed by atoms with van der Waals surface area (Å²) in [6, 6.07) is 13.6. The number of piperazine rings is 1. The molecule has 3 aromatic rings. The Morgan fingerprint density at radius 1 is 0.967 bits per heavy atom. The Morgan fingerprint density at radius 3 is 2.20 bits per heavy atom. The van der Waals surface area contributed by atoms with Gasteiger partial charge in [-0.3, -0.25) is 4.79 Å². The van der Waals surface area contributed by atoms with Crippen molar-refractivity contribution in [3.05, 3.63) is 59.4 Å². The van der Waals surface area contributed by atoms with Crippen molar-refractivity contribution in [2.75, 3.05) is 38.2 Å². The predicted octanol–water partition coefficient (Wildman–Crippen LogP) is 2.18. The van der Waals surface area contributed by atoms with Gasteiger partial charge in [0.25, 0.3) is 0 Å². The fourth-order valence-electron chi connectivity index (χ4n) is 3.68. The number of aryl methyl sites for hydroxylation is 2. The molecule has 0 unspecified atom stereocenters. The molecule has 1 fully saturated rings. The number of hydrogen-bond donors (Lipinski definition) is 0. The summed E-state index contributed by atoms with van der Waals surface area (Å²) in [5.41, 5.74) is 2.97. The summed E-state index contributed by atoms with van der Waals surface area (Å²) < 4.78 is 6.96. The number of carbonyl (C=O) groups excluding carboxylic acids is 1. The van der Waals surface area contributed by atoms with Gasteiger partial charge in [-0.05, 0) is 49.7 Å². The molecule has 0 spiro atoms. The lowest BCUT2D eigenvalue weighted by Gasteiger charge is -2.35. The van der Waals surface area contributed by atoms with Crippen LogP contribution in [0.4, 0.5) is 5.82 Å². The van der Waals surface area contributed by atoms with Crippen molar-refractivity contribution in [1.29, 1.82) is 0 Å². The van der Waals surface area contributed by atoms with Gasteiger partial charge in [-0.2, -0.15) is 5.10 Å². The maximum atomic E-state index is 12.6. The molecule has 1 aromatic carbocycles. The van der Waals surface area contributed by atoms with Crippen molar-refractivity contribution < 1.29 is 9.53 Å². The molecule has 0 radical (unpaired) electrons. The molecule has 0 N–H and O–H groups in total. The van der Waals surface area contributed by atoms with E-state index >= 15 is 0 Å². The van der Waals surface area contributed by atoms with Crippen molar-refractivity contribution in [3.8, 4) is 11.6 Å². The topological polar surface area (TPSA) is 76.4 Å². The lowest BCUT2D eigenvalue weighted by Crippen LogP contribution is -2.49. The molecule has 4 rings (SSSR count). The number of methoxy groups -OCH3 is 1. The molecule has 0 saturated carbocycles. The van der Waals surface area contributed by atoms with Crippen LogP contribution >= 0.6 is 0 Å². The van der Waals surface area contributed by atoms with Crippen LogP contribution in [-0.4, -0.2) is 64.1 Å². The zero-order valence-corrected chi connectivity index (χ0v) is 17.6. The summed E-state index contributed by atoms with van der Waals surface area (Å²) in [5.74, 6) is 2.47. The quantitative estimate of drug-likeness (QED) is 0.646. The summed E-state index contributed by atoms with van der Waals surface area (Å²) in [7, 11) is 1.64. The van der Waals surface area contributed by atoms with E-state index in [2.05, 4.69) is 20.2 Å². The van der Waals surface area contributed by atoms with Gasteiger partial charge in [-0.1, -0.05) is 12.1 Å². The Morgan fingerprint density at radius 2 is 1.63 bits per heavy atom. The van der Waals surface area contributed by atoms with Crippen molar-refractivity contribution in [2.24, 2.45) is 0 Å². The molecule has 3 heterocycles. The van der Waals surface area contributed by atoms with Crippen LogP contribution in [-0.2, 0) is 11.2 Å². The minimum absolute atomic E-state index is 0.144. The molecule has 1 amide bonds. The lowest BCUT2D eigenvalue weighted by atomic mass is 10.1. The van der Waals surface area contributed by atoms with Crippen LogP contribution in [0.15, 0.2) is 42.5 Å². The minimum atomic E-state index is 0.144. The van der Waals surface area contributed by atoms with Crippen LogP contribution in [0.5, 0.6) is 5.75 Å². The fourth-order valence-corrected chi connectivity index (χ4v) is 3.68. The molecule has 0 bridgehead atoms. The standard InChI is InChI=1S/C22H26N6O2/c1-16-14-17(2)28(25-16)21-9-8-20(23-24-21)26-10-12-27(13-11-26)22(29)15-18-4-6-19(30-3)7-5-18/h4-9,14H,10-13,15H2,1-3H3. The second kappa shape index (κ2) is 8.52. The van der Waals surface area contributed by atoms with Crippen LogP contribution in [0.25, 0.3) is 5.82 Å². The number of nitrogens with zero attached hydrogens (tertiary/aromatic N) is 6. The smallest absolute Gasteiger partial charge is 0.227 e. The maximum absolute atomic E-state index is 12.6. The molecule has 30 heavy (non-hydrogen) atoms. The maximum Gasteiger partial charge on any atom is 0.227 e. The first kappa shape index (κ1) is 19.9. The monoisotopic (exact) mass is 406 g/mol. The second-order valence-electron chi connectivity index (χ2n) is 7.48. The lowest BCUT2D eigenvalue weighted by molar-refractivity contribution is -0.130. The van der Waals surface area contributed by atoms with E-state index < -0.39 is 0 Å². The van der Waals surface area contributed by atoms with Crippen molar-refractivity contribution in [1.82, 2.24) is 24.9 Å². The highest BCUT2D eigenvalue weighted by molar-refractivity contribution is 5.79. The van der Waals surface area contributed by atoms with Crippen LogP contribution in [0.3, 0.4) is 0 Å². The van der Waals surface area contributed by atoms with Crippen molar-refractivity contribution >= 4 is 11.7 Å². The molecule has 1 aliphatic rings. The number of aromatic nitrogens is 4. The van der Waals surface area contributed by atoms with Gasteiger partial charge >= 0.3 is 0 Å². The third-order valence-corrected chi connectivity index (χ3v) is 5.33. The summed E-state index contributed by atoms with van der Waals surface area (Å²) in [5, 5.41) is 13.2. The first-order chi connectivity index (χ1) is 14.5. The summed E-state index contributed by atoms with van der Waals surface area (Å²) in [6.07, 6.45) is 0.404. The Labute approximate surface area is 176 Å². The van der Waals surface area contributed by atoms with Crippen LogP contribution in [0.2, 0.25) is 0 Å². The van der Waals surface area contributed by atoms with Gasteiger partial charge in [0, 0.05) is 31.9 Å². The number of carbonyl (C=O) groups is 1. The van der Waals surface area contributed by atoms with E-state index in [1.54, 1.807) is 11.8 Å². The van der Waals surface area contributed by atoms with E-state index in [1.165, 1.54) is 0 Å².